The monoisotopic (exact) mass is 457 g/mol. The molecule has 9 nitrogen and oxygen atoms in total. The number of benzene rings is 3. The molecule has 0 saturated carbocycles. The number of nitrogens with two attached hydrogens (primary N) is 1. The Labute approximate surface area is 195 Å². The Morgan fingerprint density at radius 3 is 2.47 bits per heavy atom. The van der Waals surface area contributed by atoms with Crippen molar-refractivity contribution in [3.05, 3.63) is 95.6 Å². The fourth-order valence-corrected chi connectivity index (χ4v) is 3.69. The van der Waals surface area contributed by atoms with Gasteiger partial charge in [-0.3, -0.25) is 9.59 Å². The van der Waals surface area contributed by atoms with Crippen LogP contribution in [0.4, 0.5) is 16.2 Å². The number of benzodiazepines with no additional fused rings is 1. The minimum Gasteiger partial charge on any atom is -0.480 e. The van der Waals surface area contributed by atoms with Crippen LogP contribution in [0.1, 0.15) is 22.7 Å². The number of aliphatic imine (C=N–C) groups is 1. The summed E-state index contributed by atoms with van der Waals surface area (Å²) >= 11 is 0. The fourth-order valence-electron chi connectivity index (χ4n) is 3.69. The Balaban J connectivity index is 1.63. The molecule has 3 aromatic rings. The molecule has 0 bridgehead atoms. The van der Waals surface area contributed by atoms with Crippen LogP contribution < -0.4 is 21.3 Å². The maximum atomic E-state index is 13.2. The highest BCUT2D eigenvalue weighted by molar-refractivity contribution is 6.20. The highest BCUT2D eigenvalue weighted by atomic mass is 16.4. The zero-order chi connectivity index (χ0) is 24.2. The molecule has 1 aliphatic heterocycles. The van der Waals surface area contributed by atoms with Gasteiger partial charge in [-0.15, -0.1) is 0 Å². The van der Waals surface area contributed by atoms with E-state index in [-0.39, 0.29) is 0 Å². The summed E-state index contributed by atoms with van der Waals surface area (Å²) in [6.45, 7) is 0. The van der Waals surface area contributed by atoms with Crippen LogP contribution >= 0.6 is 0 Å². The topological polar surface area (TPSA) is 137 Å². The molecule has 3 aromatic carbocycles. The predicted octanol–water partition coefficient (Wildman–Crippen LogP) is 2.73. The number of nitrogens with one attached hydrogen (secondary N) is 2. The van der Waals surface area contributed by atoms with Crippen LogP contribution in [-0.2, 0) is 9.59 Å². The maximum Gasteiger partial charge on any atom is 0.325 e. The van der Waals surface area contributed by atoms with Crippen LogP contribution in [0.25, 0.3) is 0 Å². The third kappa shape index (κ3) is 4.64. The average molecular weight is 457 g/mol. The SMILES string of the molecule is CN1C(=O)C(NC(=O)Nc2cccc(C(N)C(=O)O)c2)N=C(c2ccccc2)c2ccccc21. The summed E-state index contributed by atoms with van der Waals surface area (Å²) in [5.41, 5.74) is 9.14. The summed E-state index contributed by atoms with van der Waals surface area (Å²) in [7, 11) is 1.63. The van der Waals surface area contributed by atoms with E-state index in [9.17, 15) is 14.4 Å². The largest absolute Gasteiger partial charge is 0.480 e. The van der Waals surface area contributed by atoms with E-state index in [1.54, 1.807) is 25.2 Å². The van der Waals surface area contributed by atoms with Gasteiger partial charge in [-0.05, 0) is 23.8 Å². The molecule has 172 valence electrons. The van der Waals surface area contributed by atoms with E-state index in [2.05, 4.69) is 15.6 Å². The van der Waals surface area contributed by atoms with Crippen molar-refractivity contribution in [1.29, 1.82) is 0 Å². The minimum atomic E-state index is -1.22. The van der Waals surface area contributed by atoms with Gasteiger partial charge in [-0.25, -0.2) is 9.79 Å². The number of hydrogen-bond acceptors (Lipinski definition) is 5. The summed E-state index contributed by atoms with van der Waals surface area (Å²) in [6, 6.07) is 21.1. The van der Waals surface area contributed by atoms with Crippen LogP contribution in [0, 0.1) is 0 Å². The van der Waals surface area contributed by atoms with Gasteiger partial charge in [-0.1, -0.05) is 60.7 Å². The number of likely N-dealkylation sites (N-methyl/N-ethyl adjacent to an activating group) is 1. The molecule has 2 atom stereocenters. The van der Waals surface area contributed by atoms with E-state index in [1.807, 2.05) is 54.6 Å². The van der Waals surface area contributed by atoms with Crippen molar-refractivity contribution in [3.63, 3.8) is 0 Å². The van der Waals surface area contributed by atoms with Gasteiger partial charge in [0.05, 0.1) is 11.4 Å². The molecule has 2 unspecified atom stereocenters. The molecule has 1 aliphatic rings. The zero-order valence-electron chi connectivity index (χ0n) is 18.3. The van der Waals surface area contributed by atoms with Crippen molar-refractivity contribution in [3.8, 4) is 0 Å². The summed E-state index contributed by atoms with van der Waals surface area (Å²) in [4.78, 5) is 43.2. The average Bonchev–Trinajstić information content (AvgIpc) is 2.95. The fraction of sp³-hybridized carbons (Fsp3) is 0.120. The van der Waals surface area contributed by atoms with Crippen LogP contribution in [0.15, 0.2) is 83.9 Å². The molecule has 0 spiro atoms. The molecule has 5 N–H and O–H groups in total. The summed E-state index contributed by atoms with van der Waals surface area (Å²) in [5, 5.41) is 14.4. The molecular weight excluding hydrogens is 434 g/mol. The molecule has 3 amide bonds. The number of fused-ring (bicyclic) bond motifs is 1. The molecule has 34 heavy (non-hydrogen) atoms. The number of carbonyl (C=O) groups is 3. The predicted molar refractivity (Wildman–Crippen MR) is 129 cm³/mol. The number of urea groups is 1. The van der Waals surface area contributed by atoms with Crippen LogP contribution in [0.2, 0.25) is 0 Å². The smallest absolute Gasteiger partial charge is 0.325 e. The zero-order valence-corrected chi connectivity index (χ0v) is 18.3. The second-order valence-corrected chi connectivity index (χ2v) is 7.70. The normalized spacial score (nSPS) is 16.1. The number of amides is 3. The molecule has 0 radical (unpaired) electrons. The van der Waals surface area contributed by atoms with Crippen LogP contribution in [0.5, 0.6) is 0 Å². The van der Waals surface area contributed by atoms with E-state index in [0.29, 0.717) is 22.6 Å². The number of carboxylic acids is 1. The Hall–Kier alpha value is -4.50. The van der Waals surface area contributed by atoms with Gasteiger partial charge in [0.15, 0.2) is 0 Å². The van der Waals surface area contributed by atoms with Gasteiger partial charge in [0.2, 0.25) is 6.17 Å². The Kier molecular flexibility index (Phi) is 6.37. The first-order valence-electron chi connectivity index (χ1n) is 10.5. The molecular formula is C25H23N5O4. The minimum absolute atomic E-state index is 0.329. The maximum absolute atomic E-state index is 13.2. The first-order chi connectivity index (χ1) is 16.3. The Bertz CT molecular complexity index is 1280. The number of hydrogen-bond donors (Lipinski definition) is 4. The van der Waals surface area contributed by atoms with Crippen LogP contribution in [0.3, 0.4) is 0 Å². The van der Waals surface area contributed by atoms with Crippen molar-refractivity contribution in [1.82, 2.24) is 5.32 Å². The number of rotatable bonds is 5. The van der Waals surface area contributed by atoms with Crippen molar-refractivity contribution in [2.75, 3.05) is 17.3 Å². The van der Waals surface area contributed by atoms with E-state index in [1.165, 1.54) is 11.0 Å². The van der Waals surface area contributed by atoms with E-state index in [0.717, 1.165) is 11.1 Å². The third-order valence-electron chi connectivity index (χ3n) is 5.43. The van der Waals surface area contributed by atoms with E-state index >= 15 is 0 Å². The number of nitrogens with zero attached hydrogens (tertiary/aromatic N) is 2. The number of aliphatic carboxylic acids is 1. The summed E-state index contributed by atoms with van der Waals surface area (Å²) < 4.78 is 0. The van der Waals surface area contributed by atoms with Gasteiger partial charge in [0.25, 0.3) is 5.91 Å². The van der Waals surface area contributed by atoms with Crippen molar-refractivity contribution >= 4 is 35.0 Å². The second kappa shape index (κ2) is 9.55. The van der Waals surface area contributed by atoms with Gasteiger partial charge in [0.1, 0.15) is 6.04 Å². The van der Waals surface area contributed by atoms with Gasteiger partial charge in [-0.2, -0.15) is 0 Å². The summed E-state index contributed by atoms with van der Waals surface area (Å²) in [5.74, 6) is -1.59. The highest BCUT2D eigenvalue weighted by Crippen LogP contribution is 2.27. The molecule has 0 saturated heterocycles. The second-order valence-electron chi connectivity index (χ2n) is 7.70. The van der Waals surface area contributed by atoms with Gasteiger partial charge < -0.3 is 26.4 Å². The number of carboxylic acid groups (broad SMARTS) is 1. The number of carbonyl (C=O) groups excluding carboxylic acids is 2. The first kappa shape index (κ1) is 22.7. The van der Waals surface area contributed by atoms with Crippen molar-refractivity contribution < 1.29 is 19.5 Å². The summed E-state index contributed by atoms with van der Waals surface area (Å²) in [6.07, 6.45) is -1.18. The van der Waals surface area contributed by atoms with Crippen molar-refractivity contribution in [2.24, 2.45) is 10.7 Å². The lowest BCUT2D eigenvalue weighted by molar-refractivity contribution is -0.138. The van der Waals surface area contributed by atoms with Gasteiger partial charge >= 0.3 is 12.0 Å². The lowest BCUT2D eigenvalue weighted by atomic mass is 10.0. The lowest BCUT2D eigenvalue weighted by Gasteiger charge is -2.21. The standard InChI is InChI=1S/C25H23N5O4/c1-30-19-13-6-5-12-18(19)21(15-8-3-2-4-9-15)28-22(23(30)31)29-25(34)27-17-11-7-10-16(14-17)20(26)24(32)33/h2-14,20,22H,26H2,1H3,(H,32,33)(H2,27,29,34). The quantitative estimate of drug-likeness (QED) is 0.467. The number of anilines is 2. The first-order valence-corrected chi connectivity index (χ1v) is 10.5. The molecule has 0 aliphatic carbocycles. The Morgan fingerprint density at radius 2 is 1.74 bits per heavy atom. The lowest BCUT2D eigenvalue weighted by Crippen LogP contribution is -2.47. The van der Waals surface area contributed by atoms with E-state index in [4.69, 9.17) is 10.8 Å². The van der Waals surface area contributed by atoms with E-state index < -0.39 is 30.1 Å². The molecule has 9 heteroatoms. The number of para-hydroxylation sites is 1. The van der Waals surface area contributed by atoms with Crippen LogP contribution in [-0.4, -0.2) is 41.9 Å². The molecule has 4 rings (SSSR count). The molecule has 0 fully saturated rings. The molecule has 1 heterocycles. The van der Waals surface area contributed by atoms with Gasteiger partial charge in [0, 0.05) is 23.9 Å². The highest BCUT2D eigenvalue weighted by Gasteiger charge is 2.31. The molecule has 0 aromatic heterocycles. The Morgan fingerprint density at radius 1 is 1.03 bits per heavy atom. The van der Waals surface area contributed by atoms with Crippen molar-refractivity contribution in [2.45, 2.75) is 12.2 Å². The third-order valence-corrected chi connectivity index (χ3v) is 5.43.